The van der Waals surface area contributed by atoms with Crippen LogP contribution in [0.25, 0.3) is 0 Å². The molecule has 0 atom stereocenters. The van der Waals surface area contributed by atoms with E-state index in [0.29, 0.717) is 0 Å². The molecule has 0 aliphatic rings. The van der Waals surface area contributed by atoms with Crippen molar-refractivity contribution in [2.24, 2.45) is 5.41 Å². The van der Waals surface area contributed by atoms with Crippen LogP contribution in [0, 0.1) is 5.41 Å². The number of carbonyl (C=O) groups is 1. The molecule has 0 aromatic rings. The van der Waals surface area contributed by atoms with Gasteiger partial charge in [-0.3, -0.25) is 4.79 Å². The molecule has 15 heavy (non-hydrogen) atoms. The van der Waals surface area contributed by atoms with E-state index in [4.69, 9.17) is 5.11 Å². The van der Waals surface area contributed by atoms with Crippen LogP contribution in [-0.4, -0.2) is 28.8 Å². The minimum atomic E-state index is -0.694. The van der Waals surface area contributed by atoms with Gasteiger partial charge in [0.2, 0.25) is 0 Å². The summed E-state index contributed by atoms with van der Waals surface area (Å²) in [4.78, 5) is 10.5. The van der Waals surface area contributed by atoms with Gasteiger partial charge in [0.15, 0.2) is 0 Å². The van der Waals surface area contributed by atoms with Gasteiger partial charge in [0.1, 0.15) is 0 Å². The van der Waals surface area contributed by atoms with Crippen molar-refractivity contribution in [3.8, 4) is 0 Å². The summed E-state index contributed by atoms with van der Waals surface area (Å²) in [6, 6.07) is 0. The van der Waals surface area contributed by atoms with Crippen molar-refractivity contribution in [2.75, 3.05) is 0 Å². The number of rotatable bonds is 6. The summed E-state index contributed by atoms with van der Waals surface area (Å²) in [6.45, 7) is 7.82. The Morgan fingerprint density at radius 1 is 1.20 bits per heavy atom. The molecule has 0 saturated heterocycles. The Morgan fingerprint density at radius 3 is 1.87 bits per heavy atom. The Hall–Kier alpha value is 0.0674. The molecule has 0 rings (SSSR count). The van der Waals surface area contributed by atoms with Crippen LogP contribution in [0.5, 0.6) is 0 Å². The number of hydrogen-bond donors (Lipinski definition) is 1. The van der Waals surface area contributed by atoms with Gasteiger partial charge >= 0.3 is 48.5 Å². The molecular formula is C12H25LiO2. The van der Waals surface area contributed by atoms with Crippen molar-refractivity contribution < 1.29 is 9.90 Å². The molecule has 0 aromatic heterocycles. The molecule has 0 spiro atoms. The van der Waals surface area contributed by atoms with Gasteiger partial charge in [-0.1, -0.05) is 19.8 Å². The number of aliphatic carboxylic acids is 1. The molecular weight excluding hydrogens is 183 g/mol. The maximum atomic E-state index is 10.5. The van der Waals surface area contributed by atoms with Gasteiger partial charge in [-0.25, -0.2) is 0 Å². The van der Waals surface area contributed by atoms with Gasteiger partial charge in [-0.05, 0) is 20.3 Å². The van der Waals surface area contributed by atoms with E-state index in [1.165, 1.54) is 17.9 Å². The average Bonchev–Trinajstić information content (AvgIpc) is 2.17. The van der Waals surface area contributed by atoms with Crippen LogP contribution in [-0.2, 0) is 4.79 Å². The van der Waals surface area contributed by atoms with Crippen LogP contribution in [0.15, 0.2) is 0 Å². The average molecular weight is 208 g/mol. The summed E-state index contributed by atoms with van der Waals surface area (Å²) in [6.07, 6.45) is 5.57. The van der Waals surface area contributed by atoms with E-state index in [1.807, 2.05) is 0 Å². The first-order valence-electron chi connectivity index (χ1n) is 6.15. The van der Waals surface area contributed by atoms with E-state index in [-0.39, 0.29) is 0 Å². The van der Waals surface area contributed by atoms with Crippen LogP contribution in [0.1, 0.15) is 59.8 Å². The standard InChI is InChI=1S/C8H16O2.C4H9.Li/c1-4-5-6-8(2,3)7(9)10;1-3-4-2;/h4-6H2,1-3H3,(H,9,10);1,3-4H2,2H3;. The summed E-state index contributed by atoms with van der Waals surface area (Å²) in [7, 11) is 0. The molecule has 0 aliphatic carbocycles. The van der Waals surface area contributed by atoms with Gasteiger partial charge in [0, 0.05) is 0 Å². The zero-order valence-corrected chi connectivity index (χ0v) is 11.1. The van der Waals surface area contributed by atoms with Crippen molar-refractivity contribution in [3.05, 3.63) is 0 Å². The summed E-state index contributed by atoms with van der Waals surface area (Å²) in [5.74, 6) is -0.694. The summed E-state index contributed by atoms with van der Waals surface area (Å²) in [5, 5.41) is 10.0. The molecule has 0 unspecified atom stereocenters. The molecule has 0 heterocycles. The fourth-order valence-electron chi connectivity index (χ4n) is 1.08. The maximum absolute atomic E-state index is 10.5. The van der Waals surface area contributed by atoms with E-state index in [1.54, 1.807) is 13.8 Å². The zero-order chi connectivity index (χ0) is 12.3. The Bertz CT molecular complexity index is 154. The SMILES string of the molecule is CCCCC(C)(C)C(=O)O.[Li][CH2]CCC. The molecule has 0 aliphatic heterocycles. The molecule has 0 amide bonds. The van der Waals surface area contributed by atoms with Crippen molar-refractivity contribution in [1.29, 1.82) is 0 Å². The molecule has 86 valence electrons. The van der Waals surface area contributed by atoms with Crippen LogP contribution in [0.4, 0.5) is 0 Å². The van der Waals surface area contributed by atoms with E-state index < -0.39 is 11.4 Å². The number of hydrogen-bond acceptors (Lipinski definition) is 1. The third-order valence-corrected chi connectivity index (χ3v) is 2.44. The van der Waals surface area contributed by atoms with Gasteiger partial charge in [-0.15, -0.1) is 0 Å². The predicted octanol–water partition coefficient (Wildman–Crippen LogP) is 3.66. The van der Waals surface area contributed by atoms with Crippen molar-refractivity contribution in [3.63, 3.8) is 0 Å². The normalized spacial score (nSPS) is 10.5. The van der Waals surface area contributed by atoms with Crippen molar-refractivity contribution in [2.45, 2.75) is 64.9 Å². The van der Waals surface area contributed by atoms with Crippen molar-refractivity contribution >= 4 is 23.7 Å². The zero-order valence-electron chi connectivity index (χ0n) is 11.1. The number of carboxylic acid groups (broad SMARTS) is 1. The number of unbranched alkanes of at least 4 members (excludes halogenated alkanes) is 2. The first-order valence-corrected chi connectivity index (χ1v) is 6.15. The van der Waals surface area contributed by atoms with Crippen LogP contribution < -0.4 is 0 Å². The Balaban J connectivity index is 0. The van der Waals surface area contributed by atoms with Gasteiger partial charge in [-0.2, -0.15) is 0 Å². The molecule has 0 aromatic carbocycles. The van der Waals surface area contributed by atoms with E-state index in [2.05, 4.69) is 31.6 Å². The Kier molecular flexibility index (Phi) is 12.3. The molecule has 0 saturated carbocycles. The predicted molar refractivity (Wildman–Crippen MR) is 66.4 cm³/mol. The summed E-state index contributed by atoms with van der Waals surface area (Å²) in [5.41, 5.74) is -0.532. The minimum absolute atomic E-state index is 0.532. The first kappa shape index (κ1) is 17.5. The van der Waals surface area contributed by atoms with Crippen LogP contribution in [0.3, 0.4) is 0 Å². The summed E-state index contributed by atoms with van der Waals surface area (Å²) < 4.78 is 0. The second kappa shape index (κ2) is 10.6. The Labute approximate surface area is 104 Å². The van der Waals surface area contributed by atoms with E-state index >= 15 is 0 Å². The van der Waals surface area contributed by atoms with Crippen molar-refractivity contribution in [1.82, 2.24) is 0 Å². The Morgan fingerprint density at radius 2 is 1.67 bits per heavy atom. The van der Waals surface area contributed by atoms with Gasteiger partial charge < -0.3 is 5.11 Å². The fourth-order valence-corrected chi connectivity index (χ4v) is 1.08. The summed E-state index contributed by atoms with van der Waals surface area (Å²) >= 11 is 2.21. The quantitative estimate of drug-likeness (QED) is 0.676. The van der Waals surface area contributed by atoms with Gasteiger partial charge in [0.05, 0.1) is 5.41 Å². The molecule has 3 heteroatoms. The number of carboxylic acids is 1. The molecule has 0 bridgehead atoms. The molecule has 2 nitrogen and oxygen atoms in total. The monoisotopic (exact) mass is 208 g/mol. The molecule has 0 fully saturated rings. The second-order valence-corrected chi connectivity index (χ2v) is 4.65. The van der Waals surface area contributed by atoms with E-state index in [0.717, 1.165) is 19.3 Å². The topological polar surface area (TPSA) is 37.3 Å². The fraction of sp³-hybridized carbons (Fsp3) is 0.917. The second-order valence-electron chi connectivity index (χ2n) is 4.65. The van der Waals surface area contributed by atoms with Gasteiger partial charge in [0.25, 0.3) is 0 Å². The van der Waals surface area contributed by atoms with E-state index in [9.17, 15) is 4.79 Å². The third-order valence-electron chi connectivity index (χ3n) is 2.44. The van der Waals surface area contributed by atoms with Crippen LogP contribution in [0.2, 0.25) is 5.09 Å². The molecule has 0 radical (unpaired) electrons. The third kappa shape index (κ3) is 12.0. The first-order chi connectivity index (χ1) is 6.92. The molecule has 1 N–H and O–H groups in total. The van der Waals surface area contributed by atoms with Crippen LogP contribution >= 0.6 is 0 Å².